The van der Waals surface area contributed by atoms with E-state index in [2.05, 4.69) is 15.6 Å². The van der Waals surface area contributed by atoms with Gasteiger partial charge in [0.2, 0.25) is 0 Å². The maximum absolute atomic E-state index is 12.3. The number of aromatic nitrogens is 1. The van der Waals surface area contributed by atoms with Gasteiger partial charge >= 0.3 is 0 Å². The molecule has 0 saturated heterocycles. The van der Waals surface area contributed by atoms with Crippen LogP contribution in [0.3, 0.4) is 0 Å². The lowest BCUT2D eigenvalue weighted by molar-refractivity contribution is 0.0949. The van der Waals surface area contributed by atoms with Gasteiger partial charge in [0.1, 0.15) is 11.4 Å². The second-order valence-electron chi connectivity index (χ2n) is 6.86. The smallest absolute Gasteiger partial charge is 0.269 e. The van der Waals surface area contributed by atoms with Crippen molar-refractivity contribution in [3.05, 3.63) is 78.1 Å². The number of pyridine rings is 1. The molecule has 29 heavy (non-hydrogen) atoms. The molecule has 0 atom stereocenters. The fourth-order valence-electron chi connectivity index (χ4n) is 2.85. The Hall–Kier alpha value is -3.54. The normalized spacial score (nSPS) is 10.3. The summed E-state index contributed by atoms with van der Waals surface area (Å²) < 4.78 is 5.22. The standard InChI is InChI=1S/C23H26N4O2/c1-27(2)20-10-7-18(8-11-20)26-19-9-12-22(25-16-19)23(28)24-14-13-17-5-4-6-21(15-17)29-3/h4-12,15-16,26H,13-14H2,1-3H3,(H,24,28). The van der Waals surface area contributed by atoms with E-state index < -0.39 is 0 Å². The van der Waals surface area contributed by atoms with Crippen LogP contribution in [0, 0.1) is 0 Å². The predicted octanol–water partition coefficient (Wildman–Crippen LogP) is 3.87. The fourth-order valence-corrected chi connectivity index (χ4v) is 2.85. The predicted molar refractivity (Wildman–Crippen MR) is 117 cm³/mol. The number of carbonyl (C=O) groups is 1. The molecule has 0 fully saturated rings. The second kappa shape index (κ2) is 9.59. The van der Waals surface area contributed by atoms with Crippen molar-refractivity contribution in [1.29, 1.82) is 0 Å². The molecule has 3 rings (SSSR count). The van der Waals surface area contributed by atoms with E-state index in [9.17, 15) is 4.79 Å². The number of nitrogens with one attached hydrogen (secondary N) is 2. The zero-order valence-electron chi connectivity index (χ0n) is 17.0. The minimum Gasteiger partial charge on any atom is -0.497 e. The largest absolute Gasteiger partial charge is 0.497 e. The summed E-state index contributed by atoms with van der Waals surface area (Å²) in [5.41, 5.74) is 4.43. The van der Waals surface area contributed by atoms with Gasteiger partial charge in [-0.05, 0) is 60.5 Å². The third-order valence-corrected chi connectivity index (χ3v) is 4.50. The molecule has 0 unspecified atom stereocenters. The number of ether oxygens (including phenoxy) is 1. The summed E-state index contributed by atoms with van der Waals surface area (Å²) in [7, 11) is 5.66. The lowest BCUT2D eigenvalue weighted by Gasteiger charge is -2.13. The number of rotatable bonds is 8. The molecule has 2 N–H and O–H groups in total. The van der Waals surface area contributed by atoms with Crippen LogP contribution in [0.1, 0.15) is 16.1 Å². The lowest BCUT2D eigenvalue weighted by Crippen LogP contribution is -2.26. The van der Waals surface area contributed by atoms with Gasteiger partial charge in [0.25, 0.3) is 5.91 Å². The Morgan fingerprint density at radius 1 is 1.03 bits per heavy atom. The molecule has 6 heteroatoms. The van der Waals surface area contributed by atoms with Crippen molar-refractivity contribution in [2.24, 2.45) is 0 Å². The van der Waals surface area contributed by atoms with Crippen LogP contribution in [-0.4, -0.2) is 38.6 Å². The molecule has 2 aromatic carbocycles. The second-order valence-corrected chi connectivity index (χ2v) is 6.86. The molecule has 0 saturated carbocycles. The van der Waals surface area contributed by atoms with Crippen LogP contribution in [0.5, 0.6) is 5.75 Å². The quantitative estimate of drug-likeness (QED) is 0.611. The van der Waals surface area contributed by atoms with Crippen molar-refractivity contribution in [2.45, 2.75) is 6.42 Å². The Labute approximate surface area is 171 Å². The summed E-state index contributed by atoms with van der Waals surface area (Å²) in [6.45, 7) is 0.534. The van der Waals surface area contributed by atoms with Gasteiger partial charge in [-0.2, -0.15) is 0 Å². The number of nitrogens with zero attached hydrogens (tertiary/aromatic N) is 2. The van der Waals surface area contributed by atoms with Crippen molar-refractivity contribution in [3.8, 4) is 5.75 Å². The number of hydrogen-bond acceptors (Lipinski definition) is 5. The van der Waals surface area contributed by atoms with Gasteiger partial charge < -0.3 is 20.3 Å². The molecule has 0 spiro atoms. The maximum Gasteiger partial charge on any atom is 0.269 e. The first-order valence-corrected chi connectivity index (χ1v) is 9.47. The molecule has 3 aromatic rings. The SMILES string of the molecule is COc1cccc(CCNC(=O)c2ccc(Nc3ccc(N(C)C)cc3)cn2)c1. The number of anilines is 3. The van der Waals surface area contributed by atoms with Gasteiger partial charge in [0, 0.05) is 32.0 Å². The zero-order valence-corrected chi connectivity index (χ0v) is 17.0. The average molecular weight is 390 g/mol. The highest BCUT2D eigenvalue weighted by Crippen LogP contribution is 2.19. The molecule has 6 nitrogen and oxygen atoms in total. The first-order valence-electron chi connectivity index (χ1n) is 9.47. The molecule has 1 aromatic heterocycles. The van der Waals surface area contributed by atoms with E-state index in [1.54, 1.807) is 19.4 Å². The molecule has 0 aliphatic carbocycles. The minimum absolute atomic E-state index is 0.185. The molecular weight excluding hydrogens is 364 g/mol. The first-order chi connectivity index (χ1) is 14.0. The Kier molecular flexibility index (Phi) is 6.68. The van der Waals surface area contributed by atoms with Crippen molar-refractivity contribution in [1.82, 2.24) is 10.3 Å². The summed E-state index contributed by atoms with van der Waals surface area (Å²) in [5, 5.41) is 6.19. The van der Waals surface area contributed by atoms with Gasteiger partial charge in [-0.15, -0.1) is 0 Å². The first kappa shape index (κ1) is 20.2. The zero-order chi connectivity index (χ0) is 20.6. The fraction of sp³-hybridized carbons (Fsp3) is 0.217. The van der Waals surface area contributed by atoms with Gasteiger partial charge in [-0.3, -0.25) is 4.79 Å². The van der Waals surface area contributed by atoms with Crippen LogP contribution in [0.2, 0.25) is 0 Å². The molecule has 0 aliphatic heterocycles. The van der Waals surface area contributed by atoms with E-state index in [0.29, 0.717) is 12.2 Å². The number of methoxy groups -OCH3 is 1. The van der Waals surface area contributed by atoms with Gasteiger partial charge in [-0.25, -0.2) is 4.98 Å². The Bertz CT molecular complexity index is 938. The highest BCUT2D eigenvalue weighted by Gasteiger charge is 2.07. The summed E-state index contributed by atoms with van der Waals surface area (Å²) >= 11 is 0. The van der Waals surface area contributed by atoms with Crippen LogP contribution in [0.4, 0.5) is 17.1 Å². The number of amides is 1. The van der Waals surface area contributed by atoms with E-state index >= 15 is 0 Å². The van der Waals surface area contributed by atoms with Crippen molar-refractivity contribution >= 4 is 23.0 Å². The van der Waals surface area contributed by atoms with E-state index in [4.69, 9.17) is 4.74 Å². The molecule has 1 heterocycles. The minimum atomic E-state index is -0.185. The topological polar surface area (TPSA) is 66.5 Å². The van der Waals surface area contributed by atoms with Crippen LogP contribution in [0.15, 0.2) is 66.9 Å². The van der Waals surface area contributed by atoms with Crippen LogP contribution < -0.4 is 20.3 Å². The van der Waals surface area contributed by atoms with E-state index in [1.165, 1.54) is 0 Å². The average Bonchev–Trinajstić information content (AvgIpc) is 2.74. The number of benzene rings is 2. The number of carbonyl (C=O) groups excluding carboxylic acids is 1. The lowest BCUT2D eigenvalue weighted by atomic mass is 10.1. The molecular formula is C23H26N4O2. The number of hydrogen-bond donors (Lipinski definition) is 2. The highest BCUT2D eigenvalue weighted by molar-refractivity contribution is 5.92. The molecule has 0 bridgehead atoms. The van der Waals surface area contributed by atoms with E-state index in [1.807, 2.05) is 73.6 Å². The molecule has 150 valence electrons. The van der Waals surface area contributed by atoms with Crippen LogP contribution >= 0.6 is 0 Å². The summed E-state index contributed by atoms with van der Waals surface area (Å²) in [4.78, 5) is 18.6. The highest BCUT2D eigenvalue weighted by atomic mass is 16.5. The van der Waals surface area contributed by atoms with Gasteiger partial charge in [0.05, 0.1) is 19.0 Å². The van der Waals surface area contributed by atoms with Gasteiger partial charge in [0.15, 0.2) is 0 Å². The van der Waals surface area contributed by atoms with Crippen molar-refractivity contribution in [3.63, 3.8) is 0 Å². The van der Waals surface area contributed by atoms with Crippen molar-refractivity contribution < 1.29 is 9.53 Å². The monoisotopic (exact) mass is 390 g/mol. The summed E-state index contributed by atoms with van der Waals surface area (Å²) in [6, 6.07) is 19.5. The van der Waals surface area contributed by atoms with E-state index in [0.717, 1.165) is 34.8 Å². The molecule has 1 amide bonds. The third-order valence-electron chi connectivity index (χ3n) is 4.50. The molecule has 0 radical (unpaired) electrons. The van der Waals surface area contributed by atoms with Crippen LogP contribution in [-0.2, 0) is 6.42 Å². The summed E-state index contributed by atoms with van der Waals surface area (Å²) in [5.74, 6) is 0.629. The maximum atomic E-state index is 12.3. The van der Waals surface area contributed by atoms with Crippen LogP contribution in [0.25, 0.3) is 0 Å². The summed E-state index contributed by atoms with van der Waals surface area (Å²) in [6.07, 6.45) is 2.39. The van der Waals surface area contributed by atoms with Crippen molar-refractivity contribution in [2.75, 3.05) is 38.0 Å². The Morgan fingerprint density at radius 3 is 2.45 bits per heavy atom. The Morgan fingerprint density at radius 2 is 1.79 bits per heavy atom. The van der Waals surface area contributed by atoms with E-state index in [-0.39, 0.29) is 5.91 Å². The third kappa shape index (κ3) is 5.72. The Balaban J connectivity index is 1.51. The van der Waals surface area contributed by atoms with Gasteiger partial charge in [-0.1, -0.05) is 12.1 Å². The molecule has 0 aliphatic rings.